The van der Waals surface area contributed by atoms with Gasteiger partial charge >= 0.3 is 0 Å². The van der Waals surface area contributed by atoms with Gasteiger partial charge in [0.15, 0.2) is 0 Å². The van der Waals surface area contributed by atoms with Crippen molar-refractivity contribution in [3.05, 3.63) is 11.1 Å². The molecule has 0 aromatic rings. The Morgan fingerprint density at radius 1 is 0.842 bits per heavy atom. The van der Waals surface area contributed by atoms with Crippen molar-refractivity contribution in [2.24, 2.45) is 50.1 Å². The van der Waals surface area contributed by atoms with Gasteiger partial charge in [0.05, 0.1) is 11.5 Å². The average Bonchev–Trinajstić information content (AvgIpc) is 3.27. The molecule has 4 nitrogen and oxygen atoms in total. The molecule has 8 atom stereocenters. The van der Waals surface area contributed by atoms with Gasteiger partial charge in [-0.3, -0.25) is 4.79 Å². The van der Waals surface area contributed by atoms with Crippen LogP contribution in [0.1, 0.15) is 126 Å². The summed E-state index contributed by atoms with van der Waals surface area (Å²) in [5.74, 6) is 1.69. The monoisotopic (exact) mass is 524 g/mol. The largest absolute Gasteiger partial charge is 0.393 e. The first-order valence-electron chi connectivity index (χ1n) is 16.1. The molecular weight excluding hydrogens is 468 g/mol. The Balaban J connectivity index is 1.43. The fourth-order valence-electron chi connectivity index (χ4n) is 11.9. The van der Waals surface area contributed by atoms with Crippen LogP contribution in [-0.4, -0.2) is 41.1 Å². The first kappa shape index (κ1) is 27.3. The molecule has 38 heavy (non-hydrogen) atoms. The van der Waals surface area contributed by atoms with Crippen molar-refractivity contribution < 1.29 is 9.90 Å². The molecule has 3 N–H and O–H groups in total. The highest BCUT2D eigenvalue weighted by atomic mass is 16.3. The van der Waals surface area contributed by atoms with Crippen LogP contribution in [0, 0.1) is 44.3 Å². The quantitative estimate of drug-likeness (QED) is 0.369. The van der Waals surface area contributed by atoms with Gasteiger partial charge < -0.3 is 15.7 Å². The number of aliphatic hydroxyl groups excluding tert-OH is 1. The number of hydrogen-bond acceptors (Lipinski definition) is 3. The molecule has 0 bridgehead atoms. The van der Waals surface area contributed by atoms with Crippen molar-refractivity contribution in [1.29, 1.82) is 0 Å². The molecule has 1 heterocycles. The van der Waals surface area contributed by atoms with Crippen LogP contribution in [0.15, 0.2) is 11.1 Å². The summed E-state index contributed by atoms with van der Waals surface area (Å²) < 4.78 is 0. The summed E-state index contributed by atoms with van der Waals surface area (Å²) in [6, 6.07) is 0.142. The summed E-state index contributed by atoms with van der Waals surface area (Å²) in [4.78, 5) is 16.5. The van der Waals surface area contributed by atoms with E-state index in [4.69, 9.17) is 5.73 Å². The predicted molar refractivity (Wildman–Crippen MR) is 154 cm³/mol. The van der Waals surface area contributed by atoms with Crippen molar-refractivity contribution in [3.63, 3.8) is 0 Å². The minimum Gasteiger partial charge on any atom is -0.393 e. The average molecular weight is 525 g/mol. The Morgan fingerprint density at radius 3 is 2.24 bits per heavy atom. The molecule has 0 aromatic carbocycles. The zero-order chi connectivity index (χ0) is 27.5. The molecule has 1 saturated heterocycles. The predicted octanol–water partition coefficient (Wildman–Crippen LogP) is 6.85. The highest BCUT2D eigenvalue weighted by molar-refractivity contribution is 5.87. The van der Waals surface area contributed by atoms with E-state index in [0.717, 1.165) is 64.5 Å². The Morgan fingerprint density at radius 2 is 1.55 bits per heavy atom. The molecule has 1 amide bonds. The number of carbonyl (C=O) groups excluding carboxylic acids is 1. The Hall–Kier alpha value is -0.870. The van der Waals surface area contributed by atoms with E-state index >= 15 is 0 Å². The van der Waals surface area contributed by atoms with Gasteiger partial charge in [-0.15, -0.1) is 0 Å². The van der Waals surface area contributed by atoms with E-state index in [1.807, 2.05) is 0 Å². The second-order valence-electron chi connectivity index (χ2n) is 17.0. The Bertz CT molecular complexity index is 1050. The number of allylic oxidation sites excluding steroid dienone is 1. The first-order chi connectivity index (χ1) is 17.6. The van der Waals surface area contributed by atoms with Crippen molar-refractivity contribution in [1.82, 2.24) is 4.90 Å². The van der Waals surface area contributed by atoms with Gasteiger partial charge in [0, 0.05) is 19.1 Å². The Labute approximate surface area is 232 Å². The molecule has 214 valence electrons. The van der Waals surface area contributed by atoms with Crippen molar-refractivity contribution in [2.45, 2.75) is 138 Å². The van der Waals surface area contributed by atoms with Gasteiger partial charge in [-0.25, -0.2) is 0 Å². The standard InChI is InChI=1S/C34H56N2O2/c1-29(2)15-17-34(28(38)36-19-12-22(35)21-36)18-16-32(6)23(24(34)20-29)8-9-26-31(5)13-11-27(37)30(3,4)25(31)10-14-33(26,32)7/h22,25-27,37H,8-21,35H2,1-7H3/t22-,25-,26+,27-,31-,32+,33+,34-/m0/s1. The molecule has 0 unspecified atom stereocenters. The highest BCUT2D eigenvalue weighted by Gasteiger charge is 2.68. The fourth-order valence-corrected chi connectivity index (χ4v) is 11.9. The van der Waals surface area contributed by atoms with Crippen molar-refractivity contribution in [2.75, 3.05) is 13.1 Å². The van der Waals surface area contributed by atoms with Crippen LogP contribution in [0.4, 0.5) is 0 Å². The molecule has 6 aliphatic rings. The molecule has 4 heteroatoms. The Kier molecular flexibility index (Phi) is 5.99. The molecule has 4 saturated carbocycles. The molecule has 5 fully saturated rings. The van der Waals surface area contributed by atoms with Crippen LogP contribution in [0.3, 0.4) is 0 Å². The van der Waals surface area contributed by atoms with Gasteiger partial charge in [0.25, 0.3) is 0 Å². The van der Waals surface area contributed by atoms with Crippen LogP contribution in [0.25, 0.3) is 0 Å². The maximum atomic E-state index is 14.4. The summed E-state index contributed by atoms with van der Waals surface area (Å²) in [5.41, 5.74) is 10.2. The number of hydrogen-bond donors (Lipinski definition) is 2. The molecule has 6 rings (SSSR count). The molecule has 0 spiro atoms. The second kappa shape index (κ2) is 8.34. The zero-order valence-electron chi connectivity index (χ0n) is 25.6. The van der Waals surface area contributed by atoms with Crippen LogP contribution in [0.5, 0.6) is 0 Å². The number of nitrogens with two attached hydrogens (primary N) is 1. The molecule has 5 aliphatic carbocycles. The normalized spacial score (nSPS) is 49.6. The van der Waals surface area contributed by atoms with Crippen LogP contribution in [0.2, 0.25) is 0 Å². The lowest BCUT2D eigenvalue weighted by molar-refractivity contribution is -0.204. The van der Waals surface area contributed by atoms with Crippen LogP contribution >= 0.6 is 0 Å². The number of fused-ring (bicyclic) bond motifs is 6. The van der Waals surface area contributed by atoms with Gasteiger partial charge in [-0.05, 0) is 116 Å². The summed E-state index contributed by atoms with van der Waals surface area (Å²) in [5, 5.41) is 11.0. The van der Waals surface area contributed by atoms with Gasteiger partial charge in [-0.1, -0.05) is 59.6 Å². The maximum Gasteiger partial charge on any atom is 0.232 e. The lowest BCUT2D eigenvalue weighted by Crippen LogP contribution is -2.64. The number of rotatable bonds is 1. The van der Waals surface area contributed by atoms with Gasteiger partial charge in [-0.2, -0.15) is 0 Å². The van der Waals surface area contributed by atoms with Crippen molar-refractivity contribution >= 4 is 5.91 Å². The van der Waals surface area contributed by atoms with E-state index < -0.39 is 0 Å². The molecule has 0 aromatic heterocycles. The summed E-state index contributed by atoms with van der Waals surface area (Å²) in [7, 11) is 0. The fraction of sp³-hybridized carbons (Fsp3) is 0.912. The smallest absolute Gasteiger partial charge is 0.232 e. The number of carbonyl (C=O) groups is 1. The SMILES string of the molecule is CC1(C)CC[C@]2(C(=O)N3CC[C@H](N)C3)CC[C@]3(C)C(=C2C1)CC[C@@H]1[C@@]2(C)CC[C@H](O)C(C)(C)[C@@H]2CC[C@]13C. The van der Waals surface area contributed by atoms with E-state index in [1.54, 1.807) is 11.1 Å². The summed E-state index contributed by atoms with van der Waals surface area (Å²) in [6.45, 7) is 19.0. The topological polar surface area (TPSA) is 66.6 Å². The van der Waals surface area contributed by atoms with Crippen LogP contribution in [-0.2, 0) is 4.79 Å². The molecular formula is C34H56N2O2. The summed E-state index contributed by atoms with van der Waals surface area (Å²) in [6.07, 6.45) is 13.2. The third kappa shape index (κ3) is 3.44. The number of amides is 1. The van der Waals surface area contributed by atoms with E-state index in [1.165, 1.54) is 25.7 Å². The lowest BCUT2D eigenvalue weighted by atomic mass is 9.34. The first-order valence-corrected chi connectivity index (χ1v) is 16.1. The third-order valence-electron chi connectivity index (χ3n) is 14.4. The van der Waals surface area contributed by atoms with Gasteiger partial charge in [0.2, 0.25) is 5.91 Å². The van der Waals surface area contributed by atoms with Gasteiger partial charge in [0.1, 0.15) is 0 Å². The summed E-state index contributed by atoms with van der Waals surface area (Å²) >= 11 is 0. The van der Waals surface area contributed by atoms with Crippen molar-refractivity contribution in [3.8, 4) is 0 Å². The second-order valence-corrected chi connectivity index (χ2v) is 17.0. The zero-order valence-corrected chi connectivity index (χ0v) is 25.6. The third-order valence-corrected chi connectivity index (χ3v) is 14.4. The number of aliphatic hydroxyl groups is 1. The number of likely N-dealkylation sites (tertiary alicyclic amines) is 1. The molecule has 0 radical (unpaired) electrons. The minimum atomic E-state index is -0.282. The van der Waals surface area contributed by atoms with E-state index in [2.05, 4.69) is 53.4 Å². The van der Waals surface area contributed by atoms with E-state index in [-0.39, 0.29) is 44.6 Å². The highest BCUT2D eigenvalue weighted by Crippen LogP contribution is 2.75. The minimum absolute atomic E-state index is 0.00785. The molecule has 1 aliphatic heterocycles. The van der Waals surface area contributed by atoms with Crippen LogP contribution < -0.4 is 5.73 Å². The van der Waals surface area contributed by atoms with E-state index in [0.29, 0.717) is 17.7 Å². The number of nitrogens with zero attached hydrogens (tertiary/aromatic N) is 1. The van der Waals surface area contributed by atoms with E-state index in [9.17, 15) is 9.90 Å². The lowest BCUT2D eigenvalue weighted by Gasteiger charge is -2.71. The maximum absolute atomic E-state index is 14.4.